The first-order chi connectivity index (χ1) is 14.6. The second kappa shape index (κ2) is 12.4. The van der Waals surface area contributed by atoms with Crippen molar-refractivity contribution in [3.8, 4) is 5.75 Å². The molecular weight excluding hydrogens is 416 g/mol. The van der Waals surface area contributed by atoms with Crippen LogP contribution >= 0.6 is 0 Å². The zero-order chi connectivity index (χ0) is 23.6. The molecule has 3 amide bonds. The third kappa shape index (κ3) is 8.18. The molecule has 4 unspecified atom stereocenters. The standard InChI is InChI=1S/C18H26N4O9/c19-11(6-23)15(27)21-13(7-24)17(29)20-12(5-9-1-3-10(26)4-2-9)16(28)22-14(8-25)18(30)31/h1-4,11-14,23-26H,5-8,19H2,(H,20,29)(H,21,27)(H,22,28)(H,30,31). The number of carboxylic acid groups (broad SMARTS) is 1. The van der Waals surface area contributed by atoms with E-state index < -0.39 is 67.7 Å². The van der Waals surface area contributed by atoms with Gasteiger partial charge in [-0.05, 0) is 17.7 Å². The molecule has 0 radical (unpaired) electrons. The van der Waals surface area contributed by atoms with Gasteiger partial charge < -0.3 is 47.2 Å². The van der Waals surface area contributed by atoms with Crippen molar-refractivity contribution in [3.05, 3.63) is 29.8 Å². The van der Waals surface area contributed by atoms with Gasteiger partial charge in [-0.1, -0.05) is 12.1 Å². The minimum atomic E-state index is -1.62. The minimum absolute atomic E-state index is 0.0386. The molecule has 172 valence electrons. The minimum Gasteiger partial charge on any atom is -0.508 e. The van der Waals surface area contributed by atoms with E-state index in [2.05, 4.69) is 16.0 Å². The van der Waals surface area contributed by atoms with Gasteiger partial charge in [-0.3, -0.25) is 14.4 Å². The maximum Gasteiger partial charge on any atom is 0.328 e. The molecule has 0 aliphatic carbocycles. The quantitative estimate of drug-likeness (QED) is 0.151. The number of aliphatic hydroxyl groups excluding tert-OH is 3. The average molecular weight is 442 g/mol. The van der Waals surface area contributed by atoms with Gasteiger partial charge in [-0.25, -0.2) is 4.79 Å². The van der Waals surface area contributed by atoms with Crippen LogP contribution in [0.5, 0.6) is 5.75 Å². The highest BCUT2D eigenvalue weighted by molar-refractivity contribution is 5.94. The molecule has 0 heterocycles. The zero-order valence-electron chi connectivity index (χ0n) is 16.4. The Balaban J connectivity index is 3.01. The smallest absolute Gasteiger partial charge is 0.328 e. The van der Waals surface area contributed by atoms with Crippen molar-refractivity contribution in [3.63, 3.8) is 0 Å². The van der Waals surface area contributed by atoms with Gasteiger partial charge >= 0.3 is 5.97 Å². The van der Waals surface area contributed by atoms with Gasteiger partial charge in [0.25, 0.3) is 0 Å². The Morgan fingerprint density at radius 3 is 1.74 bits per heavy atom. The lowest BCUT2D eigenvalue weighted by atomic mass is 10.0. The Kier molecular flexibility index (Phi) is 10.3. The number of benzene rings is 1. The van der Waals surface area contributed by atoms with Crippen molar-refractivity contribution in [1.82, 2.24) is 16.0 Å². The maximum atomic E-state index is 12.6. The van der Waals surface area contributed by atoms with Crippen molar-refractivity contribution in [2.24, 2.45) is 5.73 Å². The summed E-state index contributed by atoms with van der Waals surface area (Å²) in [5, 5.41) is 52.3. The van der Waals surface area contributed by atoms with Crippen molar-refractivity contribution in [1.29, 1.82) is 0 Å². The number of aliphatic carboxylic acids is 1. The molecule has 1 rings (SSSR count). The maximum absolute atomic E-state index is 12.6. The lowest BCUT2D eigenvalue weighted by Gasteiger charge is -2.24. The summed E-state index contributed by atoms with van der Waals surface area (Å²) in [5.41, 5.74) is 5.83. The van der Waals surface area contributed by atoms with Gasteiger partial charge in [-0.2, -0.15) is 0 Å². The first-order valence-corrected chi connectivity index (χ1v) is 9.12. The summed E-state index contributed by atoms with van der Waals surface area (Å²) in [7, 11) is 0. The topological polar surface area (TPSA) is 232 Å². The Morgan fingerprint density at radius 2 is 1.26 bits per heavy atom. The number of rotatable bonds is 12. The summed E-state index contributed by atoms with van der Waals surface area (Å²) < 4.78 is 0. The zero-order valence-corrected chi connectivity index (χ0v) is 16.4. The fourth-order valence-electron chi connectivity index (χ4n) is 2.36. The van der Waals surface area contributed by atoms with Crippen LogP contribution in [-0.2, 0) is 25.6 Å². The number of hydrogen-bond acceptors (Lipinski definition) is 9. The summed E-state index contributed by atoms with van der Waals surface area (Å²) in [4.78, 5) is 47.9. The summed E-state index contributed by atoms with van der Waals surface area (Å²) in [6.45, 7) is -2.44. The second-order valence-corrected chi connectivity index (χ2v) is 6.55. The van der Waals surface area contributed by atoms with E-state index >= 15 is 0 Å². The number of aliphatic hydroxyl groups is 3. The molecule has 0 fully saturated rings. The van der Waals surface area contributed by atoms with E-state index in [1.165, 1.54) is 24.3 Å². The fraction of sp³-hybridized carbons (Fsp3) is 0.444. The van der Waals surface area contributed by atoms with Gasteiger partial charge in [-0.15, -0.1) is 0 Å². The normalized spacial score (nSPS) is 14.6. The number of nitrogens with one attached hydrogen (secondary N) is 3. The van der Waals surface area contributed by atoms with Crippen LogP contribution in [0.25, 0.3) is 0 Å². The van der Waals surface area contributed by atoms with Gasteiger partial charge in [0.1, 0.15) is 29.9 Å². The van der Waals surface area contributed by atoms with Gasteiger partial charge in [0.15, 0.2) is 0 Å². The molecule has 13 nitrogen and oxygen atoms in total. The summed E-state index contributed by atoms with van der Waals surface area (Å²) in [6, 6.07) is -0.209. The SMILES string of the molecule is NC(CO)C(=O)NC(CO)C(=O)NC(Cc1ccc(O)cc1)C(=O)NC(CO)C(=O)O. The number of amides is 3. The summed E-state index contributed by atoms with van der Waals surface area (Å²) in [6.07, 6.45) is -0.141. The van der Waals surface area contributed by atoms with Crippen LogP contribution in [-0.4, -0.2) is 93.2 Å². The molecular formula is C18H26N4O9. The molecule has 0 bridgehead atoms. The third-order valence-corrected chi connectivity index (χ3v) is 4.16. The molecule has 0 saturated heterocycles. The van der Waals surface area contributed by atoms with E-state index in [-0.39, 0.29) is 12.2 Å². The van der Waals surface area contributed by atoms with E-state index in [4.69, 9.17) is 21.1 Å². The fourth-order valence-corrected chi connectivity index (χ4v) is 2.36. The van der Waals surface area contributed by atoms with E-state index in [0.717, 1.165) is 0 Å². The predicted molar refractivity (Wildman–Crippen MR) is 104 cm³/mol. The number of aromatic hydroxyl groups is 1. The van der Waals surface area contributed by atoms with Crippen LogP contribution in [0, 0.1) is 0 Å². The predicted octanol–water partition coefficient (Wildman–Crippen LogP) is -4.22. The van der Waals surface area contributed by atoms with E-state index in [1.54, 1.807) is 0 Å². The Hall–Kier alpha value is -3.26. The highest BCUT2D eigenvalue weighted by Gasteiger charge is 2.30. The van der Waals surface area contributed by atoms with Crippen molar-refractivity contribution >= 4 is 23.7 Å². The molecule has 1 aromatic carbocycles. The number of phenols is 1. The number of carbonyl (C=O) groups is 4. The number of hydrogen-bond donors (Lipinski definition) is 9. The molecule has 4 atom stereocenters. The van der Waals surface area contributed by atoms with E-state index in [1.807, 2.05) is 0 Å². The lowest BCUT2D eigenvalue weighted by molar-refractivity contribution is -0.143. The molecule has 31 heavy (non-hydrogen) atoms. The van der Waals surface area contributed by atoms with Gasteiger partial charge in [0.2, 0.25) is 17.7 Å². The molecule has 0 spiro atoms. The van der Waals surface area contributed by atoms with Gasteiger partial charge in [0.05, 0.1) is 19.8 Å². The average Bonchev–Trinajstić information content (AvgIpc) is 2.75. The van der Waals surface area contributed by atoms with Crippen LogP contribution in [0.4, 0.5) is 0 Å². The molecule has 0 aromatic heterocycles. The van der Waals surface area contributed by atoms with Crippen molar-refractivity contribution in [2.45, 2.75) is 30.6 Å². The van der Waals surface area contributed by atoms with Crippen LogP contribution in [0.2, 0.25) is 0 Å². The number of carbonyl (C=O) groups excluding carboxylic acids is 3. The first kappa shape index (κ1) is 25.8. The van der Waals surface area contributed by atoms with Gasteiger partial charge in [0, 0.05) is 6.42 Å². The van der Waals surface area contributed by atoms with Crippen molar-refractivity contribution in [2.75, 3.05) is 19.8 Å². The summed E-state index contributed by atoms with van der Waals surface area (Å²) in [5.74, 6) is -4.37. The van der Waals surface area contributed by atoms with E-state index in [0.29, 0.717) is 5.56 Å². The largest absolute Gasteiger partial charge is 0.508 e. The van der Waals surface area contributed by atoms with Crippen LogP contribution in [0.15, 0.2) is 24.3 Å². The second-order valence-electron chi connectivity index (χ2n) is 6.55. The van der Waals surface area contributed by atoms with E-state index in [9.17, 15) is 29.4 Å². The third-order valence-electron chi connectivity index (χ3n) is 4.16. The first-order valence-electron chi connectivity index (χ1n) is 9.12. The van der Waals surface area contributed by atoms with Crippen molar-refractivity contribution < 1.29 is 44.7 Å². The highest BCUT2D eigenvalue weighted by Crippen LogP contribution is 2.12. The highest BCUT2D eigenvalue weighted by atomic mass is 16.4. The van der Waals surface area contributed by atoms with Crippen LogP contribution in [0.1, 0.15) is 5.56 Å². The molecule has 0 aliphatic heterocycles. The Morgan fingerprint density at radius 1 is 0.774 bits per heavy atom. The van der Waals surface area contributed by atoms with Crippen LogP contribution in [0.3, 0.4) is 0 Å². The summed E-state index contributed by atoms with van der Waals surface area (Å²) >= 11 is 0. The molecule has 0 aliphatic rings. The monoisotopic (exact) mass is 442 g/mol. The molecule has 1 aromatic rings. The Bertz CT molecular complexity index is 772. The number of nitrogens with two attached hydrogens (primary N) is 1. The number of carboxylic acids is 1. The van der Waals surface area contributed by atoms with Crippen LogP contribution < -0.4 is 21.7 Å². The molecule has 10 N–H and O–H groups in total. The lowest BCUT2D eigenvalue weighted by Crippen LogP contribution is -2.59. The Labute approximate surface area is 176 Å². The number of phenolic OH excluding ortho intramolecular Hbond substituents is 1. The molecule has 13 heteroatoms. The molecule has 0 saturated carbocycles.